The van der Waals surface area contributed by atoms with Crippen molar-refractivity contribution in [3.05, 3.63) is 90.5 Å². The number of hydrogen-bond acceptors (Lipinski definition) is 5. The Morgan fingerprint density at radius 1 is 1.03 bits per heavy atom. The van der Waals surface area contributed by atoms with Crippen molar-refractivity contribution in [2.24, 2.45) is 5.92 Å². The summed E-state index contributed by atoms with van der Waals surface area (Å²) in [7, 11) is 0. The number of nitrogens with zero attached hydrogens (tertiary/aromatic N) is 3. The minimum Gasteiger partial charge on any atom is -0.492 e. The SMILES string of the molecule is O=C(C1CCNCC1)N(CCOc1ccccc1)C(c1cccnc1)c1ccccn1. The first-order valence-corrected chi connectivity index (χ1v) is 10.8. The molecule has 1 unspecified atom stereocenters. The van der Waals surface area contributed by atoms with Crippen LogP contribution in [0.1, 0.15) is 30.1 Å². The highest BCUT2D eigenvalue weighted by Crippen LogP contribution is 2.30. The molecule has 0 bridgehead atoms. The lowest BCUT2D eigenvalue weighted by Gasteiger charge is -2.35. The number of para-hydroxylation sites is 1. The van der Waals surface area contributed by atoms with Gasteiger partial charge in [-0.05, 0) is 61.8 Å². The summed E-state index contributed by atoms with van der Waals surface area (Å²) in [6.45, 7) is 2.61. The van der Waals surface area contributed by atoms with Gasteiger partial charge >= 0.3 is 0 Å². The van der Waals surface area contributed by atoms with E-state index in [1.54, 1.807) is 12.4 Å². The third-order valence-electron chi connectivity index (χ3n) is 5.60. The fourth-order valence-corrected chi connectivity index (χ4v) is 4.03. The quantitative estimate of drug-likeness (QED) is 0.609. The van der Waals surface area contributed by atoms with Gasteiger partial charge in [0.2, 0.25) is 5.91 Å². The number of benzene rings is 1. The lowest BCUT2D eigenvalue weighted by atomic mass is 9.94. The molecule has 1 fully saturated rings. The molecule has 3 heterocycles. The van der Waals surface area contributed by atoms with Crippen molar-refractivity contribution in [2.75, 3.05) is 26.2 Å². The maximum Gasteiger partial charge on any atom is 0.226 e. The molecule has 0 saturated carbocycles. The van der Waals surface area contributed by atoms with Gasteiger partial charge in [0.15, 0.2) is 0 Å². The Morgan fingerprint density at radius 2 is 1.84 bits per heavy atom. The number of piperidine rings is 1. The highest BCUT2D eigenvalue weighted by atomic mass is 16.5. The zero-order valence-electron chi connectivity index (χ0n) is 17.6. The highest BCUT2D eigenvalue weighted by molar-refractivity contribution is 5.80. The fourth-order valence-electron chi connectivity index (χ4n) is 4.03. The van der Waals surface area contributed by atoms with Crippen LogP contribution in [0.15, 0.2) is 79.3 Å². The maximum absolute atomic E-state index is 13.7. The minimum absolute atomic E-state index is 0.000795. The molecule has 1 amide bonds. The van der Waals surface area contributed by atoms with Gasteiger partial charge < -0.3 is 15.0 Å². The summed E-state index contributed by atoms with van der Waals surface area (Å²) >= 11 is 0. The molecule has 1 N–H and O–H groups in total. The van der Waals surface area contributed by atoms with Crippen LogP contribution in [0.25, 0.3) is 0 Å². The van der Waals surface area contributed by atoms with E-state index in [0.717, 1.165) is 42.9 Å². The molecule has 1 aliphatic heterocycles. The molecule has 1 aromatic carbocycles. The van der Waals surface area contributed by atoms with Gasteiger partial charge in [-0.25, -0.2) is 0 Å². The zero-order valence-corrected chi connectivity index (χ0v) is 17.6. The van der Waals surface area contributed by atoms with Crippen LogP contribution in [0.3, 0.4) is 0 Å². The molecule has 31 heavy (non-hydrogen) atoms. The predicted octanol–water partition coefficient (Wildman–Crippen LogP) is 3.47. The lowest BCUT2D eigenvalue weighted by molar-refractivity contribution is -0.138. The third-order valence-corrected chi connectivity index (χ3v) is 5.60. The van der Waals surface area contributed by atoms with Crippen LogP contribution in [-0.4, -0.2) is 47.0 Å². The Labute approximate surface area is 183 Å². The van der Waals surface area contributed by atoms with Crippen LogP contribution >= 0.6 is 0 Å². The number of ether oxygens (including phenoxy) is 1. The molecule has 1 saturated heterocycles. The van der Waals surface area contributed by atoms with Crippen molar-refractivity contribution in [3.8, 4) is 5.75 Å². The topological polar surface area (TPSA) is 67.4 Å². The lowest BCUT2D eigenvalue weighted by Crippen LogP contribution is -2.45. The van der Waals surface area contributed by atoms with E-state index >= 15 is 0 Å². The molecule has 4 rings (SSSR count). The van der Waals surface area contributed by atoms with Gasteiger partial charge in [0.25, 0.3) is 0 Å². The van der Waals surface area contributed by atoms with Crippen molar-refractivity contribution >= 4 is 5.91 Å². The molecule has 0 spiro atoms. The maximum atomic E-state index is 13.7. The van der Waals surface area contributed by atoms with Gasteiger partial charge in [-0.3, -0.25) is 14.8 Å². The van der Waals surface area contributed by atoms with Crippen molar-refractivity contribution in [2.45, 2.75) is 18.9 Å². The van der Waals surface area contributed by atoms with Crippen LogP contribution in [0.4, 0.5) is 0 Å². The summed E-state index contributed by atoms with van der Waals surface area (Å²) < 4.78 is 5.95. The van der Waals surface area contributed by atoms with Gasteiger partial charge in [-0.2, -0.15) is 0 Å². The Hall–Kier alpha value is -3.25. The second-order valence-electron chi connectivity index (χ2n) is 7.66. The molecule has 1 aliphatic rings. The van der Waals surface area contributed by atoms with E-state index < -0.39 is 0 Å². The predicted molar refractivity (Wildman–Crippen MR) is 120 cm³/mol. The number of aromatic nitrogens is 2. The molecule has 3 aromatic rings. The molecule has 0 aliphatic carbocycles. The van der Waals surface area contributed by atoms with Gasteiger partial charge in [0.1, 0.15) is 18.4 Å². The van der Waals surface area contributed by atoms with E-state index in [0.29, 0.717) is 13.2 Å². The molecule has 160 valence electrons. The molecular formula is C25H28N4O2. The molecule has 2 aromatic heterocycles. The number of rotatable bonds is 8. The standard InChI is InChI=1S/C25H28N4O2/c30-25(20-11-15-26-16-12-20)29(17-18-31-22-8-2-1-3-9-22)24(21-7-6-13-27-19-21)23-10-4-5-14-28-23/h1-10,13-14,19-20,24,26H,11-12,15-18H2. The van der Waals surface area contributed by atoms with Crippen molar-refractivity contribution in [1.82, 2.24) is 20.2 Å². The summed E-state index contributed by atoms with van der Waals surface area (Å²) in [6.07, 6.45) is 7.02. The second kappa shape index (κ2) is 10.7. The smallest absolute Gasteiger partial charge is 0.226 e. The highest BCUT2D eigenvalue weighted by Gasteiger charge is 2.33. The number of amides is 1. The summed E-state index contributed by atoms with van der Waals surface area (Å²) in [5.41, 5.74) is 1.78. The van der Waals surface area contributed by atoms with Gasteiger partial charge in [-0.15, -0.1) is 0 Å². The summed E-state index contributed by atoms with van der Waals surface area (Å²) in [5.74, 6) is 0.950. The summed E-state index contributed by atoms with van der Waals surface area (Å²) in [5, 5.41) is 3.35. The van der Waals surface area contributed by atoms with E-state index in [4.69, 9.17) is 4.74 Å². The molecule has 0 radical (unpaired) electrons. The minimum atomic E-state index is -0.309. The van der Waals surface area contributed by atoms with E-state index in [1.165, 1.54) is 0 Å². The van der Waals surface area contributed by atoms with Crippen molar-refractivity contribution in [3.63, 3.8) is 0 Å². The third kappa shape index (κ3) is 5.47. The van der Waals surface area contributed by atoms with Crippen LogP contribution in [0.5, 0.6) is 5.75 Å². The van der Waals surface area contributed by atoms with Crippen LogP contribution < -0.4 is 10.1 Å². The van der Waals surface area contributed by atoms with E-state index in [9.17, 15) is 4.79 Å². The van der Waals surface area contributed by atoms with Crippen LogP contribution in [0.2, 0.25) is 0 Å². The van der Waals surface area contributed by atoms with E-state index in [1.807, 2.05) is 71.8 Å². The first kappa shape index (κ1) is 21.0. The molecule has 6 heteroatoms. The van der Waals surface area contributed by atoms with E-state index in [2.05, 4.69) is 15.3 Å². The number of nitrogens with one attached hydrogen (secondary N) is 1. The average Bonchev–Trinajstić information content (AvgIpc) is 2.85. The van der Waals surface area contributed by atoms with Crippen molar-refractivity contribution in [1.29, 1.82) is 0 Å². The summed E-state index contributed by atoms with van der Waals surface area (Å²) in [4.78, 5) is 24.6. The Morgan fingerprint density at radius 3 is 2.55 bits per heavy atom. The number of pyridine rings is 2. The Balaban J connectivity index is 1.63. The Kier molecular flexibility index (Phi) is 7.24. The average molecular weight is 417 g/mol. The van der Waals surface area contributed by atoms with E-state index in [-0.39, 0.29) is 17.9 Å². The fraction of sp³-hybridized carbons (Fsp3) is 0.320. The number of hydrogen-bond donors (Lipinski definition) is 1. The first-order chi connectivity index (χ1) is 15.3. The van der Waals surface area contributed by atoms with Gasteiger partial charge in [0, 0.05) is 24.5 Å². The first-order valence-electron chi connectivity index (χ1n) is 10.8. The summed E-state index contributed by atoms with van der Waals surface area (Å²) in [6, 6.07) is 19.1. The normalized spacial score (nSPS) is 15.2. The zero-order chi connectivity index (χ0) is 21.3. The van der Waals surface area contributed by atoms with Crippen LogP contribution in [-0.2, 0) is 4.79 Å². The number of carbonyl (C=O) groups excluding carboxylic acids is 1. The monoisotopic (exact) mass is 416 g/mol. The van der Waals surface area contributed by atoms with Gasteiger partial charge in [-0.1, -0.05) is 30.3 Å². The number of carbonyl (C=O) groups is 1. The van der Waals surface area contributed by atoms with Gasteiger partial charge in [0.05, 0.1) is 12.2 Å². The Bertz CT molecular complexity index is 892. The van der Waals surface area contributed by atoms with Crippen molar-refractivity contribution < 1.29 is 9.53 Å². The molecule has 1 atom stereocenters. The molecular weight excluding hydrogens is 388 g/mol. The largest absolute Gasteiger partial charge is 0.492 e. The van der Waals surface area contributed by atoms with Crippen LogP contribution in [0, 0.1) is 5.92 Å². The molecule has 6 nitrogen and oxygen atoms in total. The second-order valence-corrected chi connectivity index (χ2v) is 7.66.